The predicted molar refractivity (Wildman–Crippen MR) is 67.4 cm³/mol. The summed E-state index contributed by atoms with van der Waals surface area (Å²) in [5.41, 5.74) is 1.88. The van der Waals surface area contributed by atoms with Crippen molar-refractivity contribution >= 4 is 12.0 Å². The zero-order chi connectivity index (χ0) is 12.5. The maximum atomic E-state index is 11.2. The van der Waals surface area contributed by atoms with E-state index in [0.717, 1.165) is 30.5 Å². The van der Waals surface area contributed by atoms with Gasteiger partial charge in [-0.15, -0.1) is 0 Å². The lowest BCUT2D eigenvalue weighted by Crippen LogP contribution is -2.39. The van der Waals surface area contributed by atoms with Gasteiger partial charge in [-0.05, 0) is 13.0 Å². The molecule has 1 N–H and O–H groups in total. The minimum absolute atomic E-state index is 0.0625. The molecule has 0 spiro atoms. The molecular weight excluding hydrogens is 214 g/mol. The summed E-state index contributed by atoms with van der Waals surface area (Å²) in [6.07, 6.45) is 7.17. The van der Waals surface area contributed by atoms with Gasteiger partial charge < -0.3 is 9.88 Å². The lowest BCUT2D eigenvalue weighted by molar-refractivity contribution is -0.105. The molecule has 0 aliphatic heterocycles. The van der Waals surface area contributed by atoms with Crippen molar-refractivity contribution in [2.75, 3.05) is 6.54 Å². The molecular formula is C13H19N3O. The zero-order valence-corrected chi connectivity index (χ0v) is 10.6. The monoisotopic (exact) mass is 233 g/mol. The third kappa shape index (κ3) is 1.93. The molecule has 1 aromatic rings. The number of rotatable bonds is 4. The van der Waals surface area contributed by atoms with Crippen LogP contribution in [0.1, 0.15) is 27.2 Å². The molecule has 1 aliphatic carbocycles. The van der Waals surface area contributed by atoms with Gasteiger partial charge in [0.15, 0.2) is 0 Å². The van der Waals surface area contributed by atoms with Crippen LogP contribution in [0, 0.1) is 5.41 Å². The quantitative estimate of drug-likeness (QED) is 0.805. The van der Waals surface area contributed by atoms with E-state index in [1.165, 1.54) is 0 Å². The fraction of sp³-hybridized carbons (Fsp3) is 0.538. The summed E-state index contributed by atoms with van der Waals surface area (Å²) in [6.45, 7) is 7.35. The summed E-state index contributed by atoms with van der Waals surface area (Å²) in [4.78, 5) is 15.3. The van der Waals surface area contributed by atoms with E-state index in [1.807, 2.05) is 10.8 Å². The Bertz CT molecular complexity index is 432. The van der Waals surface area contributed by atoms with Crippen molar-refractivity contribution in [1.82, 2.24) is 14.9 Å². The largest absolute Gasteiger partial charge is 0.313 e. The Morgan fingerprint density at radius 2 is 2.41 bits per heavy atom. The summed E-state index contributed by atoms with van der Waals surface area (Å²) < 4.78 is 1.96. The van der Waals surface area contributed by atoms with E-state index in [1.54, 1.807) is 12.5 Å². The van der Waals surface area contributed by atoms with Crippen molar-refractivity contribution in [3.63, 3.8) is 0 Å². The molecule has 1 unspecified atom stereocenters. The summed E-state index contributed by atoms with van der Waals surface area (Å²) in [5, 5.41) is 3.46. The Balaban J connectivity index is 2.42. The lowest BCUT2D eigenvalue weighted by atomic mass is 9.85. The van der Waals surface area contributed by atoms with Gasteiger partial charge in [0.05, 0.1) is 6.33 Å². The van der Waals surface area contributed by atoms with Crippen molar-refractivity contribution in [2.24, 2.45) is 5.41 Å². The molecule has 17 heavy (non-hydrogen) atoms. The maximum absolute atomic E-state index is 11.2. The number of imidazole rings is 1. The highest BCUT2D eigenvalue weighted by Crippen LogP contribution is 2.44. The van der Waals surface area contributed by atoms with Gasteiger partial charge in [-0.3, -0.25) is 4.79 Å². The number of nitrogens with one attached hydrogen (secondary N) is 1. The van der Waals surface area contributed by atoms with Crippen LogP contribution in [0.2, 0.25) is 0 Å². The highest BCUT2D eigenvalue weighted by atomic mass is 16.1. The van der Waals surface area contributed by atoms with E-state index in [9.17, 15) is 4.79 Å². The molecule has 1 aliphatic rings. The number of carbonyl (C=O) groups is 1. The second-order valence-corrected chi connectivity index (χ2v) is 5.00. The van der Waals surface area contributed by atoms with Crippen molar-refractivity contribution in [1.29, 1.82) is 0 Å². The van der Waals surface area contributed by atoms with Gasteiger partial charge in [-0.1, -0.05) is 20.8 Å². The summed E-state index contributed by atoms with van der Waals surface area (Å²) in [5.74, 6) is 0. The fourth-order valence-corrected chi connectivity index (χ4v) is 2.72. The van der Waals surface area contributed by atoms with Crippen LogP contribution >= 0.6 is 0 Å². The molecule has 92 valence electrons. The van der Waals surface area contributed by atoms with Crippen LogP contribution in [0.5, 0.6) is 0 Å². The van der Waals surface area contributed by atoms with Crippen LogP contribution in [-0.2, 0) is 4.79 Å². The molecule has 1 aromatic heterocycles. The molecule has 0 saturated carbocycles. The van der Waals surface area contributed by atoms with Crippen LogP contribution in [0.25, 0.3) is 5.70 Å². The molecule has 4 heteroatoms. The Morgan fingerprint density at radius 3 is 2.94 bits per heavy atom. The zero-order valence-electron chi connectivity index (χ0n) is 10.6. The first-order chi connectivity index (χ1) is 8.11. The second-order valence-electron chi connectivity index (χ2n) is 5.00. The van der Waals surface area contributed by atoms with Crippen LogP contribution in [0.3, 0.4) is 0 Å². The highest BCUT2D eigenvalue weighted by molar-refractivity contribution is 5.86. The maximum Gasteiger partial charge on any atom is 0.147 e. The van der Waals surface area contributed by atoms with Gasteiger partial charge in [-0.25, -0.2) is 4.98 Å². The van der Waals surface area contributed by atoms with Crippen molar-refractivity contribution in [2.45, 2.75) is 33.2 Å². The van der Waals surface area contributed by atoms with Crippen LogP contribution < -0.4 is 5.32 Å². The first-order valence-electron chi connectivity index (χ1n) is 6.01. The van der Waals surface area contributed by atoms with E-state index in [0.29, 0.717) is 6.04 Å². The highest BCUT2D eigenvalue weighted by Gasteiger charge is 2.41. The molecule has 2 rings (SSSR count). The molecule has 1 heterocycles. The number of aromatic nitrogens is 2. The minimum atomic E-state index is -0.0625. The first-order valence-corrected chi connectivity index (χ1v) is 6.01. The SMILES string of the molecule is CCNC1CC(C=O)=C(n2ccnc2)C1(C)C. The van der Waals surface area contributed by atoms with E-state index in [4.69, 9.17) is 0 Å². The van der Waals surface area contributed by atoms with Crippen LogP contribution in [-0.4, -0.2) is 28.4 Å². The fourth-order valence-electron chi connectivity index (χ4n) is 2.72. The van der Waals surface area contributed by atoms with Crippen molar-refractivity contribution in [3.05, 3.63) is 24.3 Å². The van der Waals surface area contributed by atoms with Gasteiger partial charge in [0, 0.05) is 35.1 Å². The summed E-state index contributed by atoms with van der Waals surface area (Å²) in [7, 11) is 0. The second kappa shape index (κ2) is 4.45. The van der Waals surface area contributed by atoms with Gasteiger partial charge in [0.2, 0.25) is 0 Å². The molecule has 0 bridgehead atoms. The lowest BCUT2D eigenvalue weighted by Gasteiger charge is -2.31. The average Bonchev–Trinajstić information content (AvgIpc) is 2.86. The van der Waals surface area contributed by atoms with E-state index < -0.39 is 0 Å². The molecule has 0 amide bonds. The third-order valence-electron chi connectivity index (χ3n) is 3.57. The third-order valence-corrected chi connectivity index (χ3v) is 3.57. The number of nitrogens with zero attached hydrogens (tertiary/aromatic N) is 2. The Hall–Kier alpha value is -1.42. The van der Waals surface area contributed by atoms with Crippen molar-refractivity contribution in [3.8, 4) is 0 Å². The Kier molecular flexibility index (Phi) is 3.15. The Labute approximate surface area is 102 Å². The summed E-state index contributed by atoms with van der Waals surface area (Å²) in [6, 6.07) is 0.310. The number of hydrogen-bond acceptors (Lipinski definition) is 3. The molecule has 4 nitrogen and oxygen atoms in total. The normalized spacial score (nSPS) is 23.1. The summed E-state index contributed by atoms with van der Waals surface area (Å²) >= 11 is 0. The predicted octanol–water partition coefficient (Wildman–Crippen LogP) is 1.70. The smallest absolute Gasteiger partial charge is 0.147 e. The van der Waals surface area contributed by atoms with Gasteiger partial charge in [0.1, 0.15) is 6.29 Å². The topological polar surface area (TPSA) is 46.9 Å². The van der Waals surface area contributed by atoms with E-state index in [2.05, 4.69) is 31.1 Å². The molecule has 0 aromatic carbocycles. The van der Waals surface area contributed by atoms with Gasteiger partial charge >= 0.3 is 0 Å². The number of hydrogen-bond donors (Lipinski definition) is 1. The van der Waals surface area contributed by atoms with Crippen LogP contribution in [0.4, 0.5) is 0 Å². The molecule has 1 atom stereocenters. The molecule has 0 radical (unpaired) electrons. The van der Waals surface area contributed by atoms with Crippen molar-refractivity contribution < 1.29 is 4.79 Å². The van der Waals surface area contributed by atoms with Crippen LogP contribution in [0.15, 0.2) is 24.3 Å². The van der Waals surface area contributed by atoms with Gasteiger partial charge in [-0.2, -0.15) is 0 Å². The van der Waals surface area contributed by atoms with E-state index >= 15 is 0 Å². The first kappa shape index (κ1) is 12.0. The van der Waals surface area contributed by atoms with Gasteiger partial charge in [0.25, 0.3) is 0 Å². The standard InChI is InChI=1S/C13H19N3O/c1-4-15-11-7-10(8-17)12(13(11,2)3)16-6-5-14-9-16/h5-6,8-9,11,15H,4,7H2,1-3H3. The molecule has 0 saturated heterocycles. The number of aldehydes is 1. The molecule has 0 fully saturated rings. The van der Waals surface area contributed by atoms with E-state index in [-0.39, 0.29) is 5.41 Å². The Morgan fingerprint density at radius 1 is 1.65 bits per heavy atom. The average molecular weight is 233 g/mol. The number of carbonyl (C=O) groups excluding carboxylic acids is 1. The minimum Gasteiger partial charge on any atom is -0.313 e.